The number of nitrogens with one attached hydrogen (secondary N) is 1. The normalized spacial score (nSPS) is 9.31. The van der Waals surface area contributed by atoms with Crippen LogP contribution in [0.3, 0.4) is 0 Å². The van der Waals surface area contributed by atoms with E-state index in [0.29, 0.717) is 5.76 Å². The summed E-state index contributed by atoms with van der Waals surface area (Å²) in [6, 6.07) is 3.39. The van der Waals surface area contributed by atoms with Crippen LogP contribution in [0.2, 0.25) is 0 Å². The molecule has 1 rings (SSSR count). The van der Waals surface area contributed by atoms with Gasteiger partial charge in [0.1, 0.15) is 5.76 Å². The third kappa shape index (κ3) is 2.62. The summed E-state index contributed by atoms with van der Waals surface area (Å²) in [4.78, 5) is 21.4. The predicted octanol–water partition coefficient (Wildman–Crippen LogP) is 0.0688. The van der Waals surface area contributed by atoms with Crippen molar-refractivity contribution < 1.29 is 18.7 Å². The quantitative estimate of drug-likeness (QED) is 0.520. The molecule has 0 saturated heterocycles. The molecule has 0 aromatic carbocycles. The third-order valence-corrected chi connectivity index (χ3v) is 1.37. The summed E-state index contributed by atoms with van der Waals surface area (Å²) >= 11 is 0. The van der Waals surface area contributed by atoms with Crippen molar-refractivity contribution in [1.82, 2.24) is 5.32 Å². The minimum absolute atomic E-state index is 0.181. The number of amides is 1. The number of furan rings is 1. The van der Waals surface area contributed by atoms with Crippen LogP contribution in [0.25, 0.3) is 0 Å². The van der Waals surface area contributed by atoms with Gasteiger partial charge in [-0.05, 0) is 12.1 Å². The highest BCUT2D eigenvalue weighted by molar-refractivity contribution is 6.32. The second kappa shape index (κ2) is 4.30. The molecule has 1 aromatic heterocycles. The van der Waals surface area contributed by atoms with Crippen LogP contribution in [0.5, 0.6) is 0 Å². The van der Waals surface area contributed by atoms with Gasteiger partial charge in [-0.2, -0.15) is 0 Å². The lowest BCUT2D eigenvalue weighted by Crippen LogP contribution is -2.31. The van der Waals surface area contributed by atoms with Gasteiger partial charge >= 0.3 is 11.9 Å². The van der Waals surface area contributed by atoms with Gasteiger partial charge in [0.15, 0.2) is 0 Å². The summed E-state index contributed by atoms with van der Waals surface area (Å²) in [7, 11) is 1.15. The molecule has 0 aliphatic carbocycles. The Bertz CT molecular complexity index is 291. The molecule has 0 aliphatic rings. The molecule has 0 aliphatic heterocycles. The molecular formula is C8H9NO4. The largest absolute Gasteiger partial charge is 0.467 e. The van der Waals surface area contributed by atoms with E-state index in [1.165, 1.54) is 6.26 Å². The molecule has 5 nitrogen and oxygen atoms in total. The van der Waals surface area contributed by atoms with Gasteiger partial charge in [-0.1, -0.05) is 0 Å². The maximum Gasteiger partial charge on any atom is 0.396 e. The summed E-state index contributed by atoms with van der Waals surface area (Å²) in [6.07, 6.45) is 1.49. The first-order chi connectivity index (χ1) is 6.24. The van der Waals surface area contributed by atoms with Crippen molar-refractivity contribution in [2.45, 2.75) is 6.54 Å². The Morgan fingerprint density at radius 1 is 1.62 bits per heavy atom. The lowest BCUT2D eigenvalue weighted by Gasteiger charge is -1.99. The molecule has 0 bridgehead atoms. The van der Waals surface area contributed by atoms with Gasteiger partial charge in [-0.3, -0.25) is 4.79 Å². The molecule has 0 unspecified atom stereocenters. The summed E-state index contributed by atoms with van der Waals surface area (Å²) in [5.74, 6) is -1.11. The van der Waals surface area contributed by atoms with E-state index in [1.54, 1.807) is 12.1 Å². The van der Waals surface area contributed by atoms with Crippen LogP contribution < -0.4 is 5.32 Å². The van der Waals surface area contributed by atoms with E-state index in [9.17, 15) is 9.59 Å². The lowest BCUT2D eigenvalue weighted by molar-refractivity contribution is -0.152. The van der Waals surface area contributed by atoms with Gasteiger partial charge in [0.2, 0.25) is 0 Å². The van der Waals surface area contributed by atoms with Gasteiger partial charge in [0.25, 0.3) is 0 Å². The maximum absolute atomic E-state index is 10.8. The molecule has 0 atom stereocenters. The lowest BCUT2D eigenvalue weighted by atomic mass is 10.4. The van der Waals surface area contributed by atoms with Crippen molar-refractivity contribution in [3.8, 4) is 0 Å². The highest BCUT2D eigenvalue weighted by atomic mass is 16.5. The number of carbonyl (C=O) groups is 2. The van der Waals surface area contributed by atoms with Gasteiger partial charge in [0.05, 0.1) is 19.9 Å². The average Bonchev–Trinajstić information content (AvgIpc) is 2.65. The topological polar surface area (TPSA) is 68.5 Å². The molecule has 1 aromatic rings. The smallest absolute Gasteiger partial charge is 0.396 e. The minimum atomic E-state index is -0.911. The highest BCUT2D eigenvalue weighted by Crippen LogP contribution is 1.98. The minimum Gasteiger partial charge on any atom is -0.467 e. The third-order valence-electron chi connectivity index (χ3n) is 1.37. The first-order valence-electron chi connectivity index (χ1n) is 3.62. The molecule has 0 radical (unpaired) electrons. The Morgan fingerprint density at radius 3 is 2.92 bits per heavy atom. The Morgan fingerprint density at radius 2 is 2.38 bits per heavy atom. The SMILES string of the molecule is COC(=O)C(=O)NCc1ccco1. The molecule has 70 valence electrons. The van der Waals surface area contributed by atoms with Crippen LogP contribution in [0, 0.1) is 0 Å². The van der Waals surface area contributed by atoms with Crippen molar-refractivity contribution >= 4 is 11.9 Å². The molecule has 1 heterocycles. The summed E-state index contributed by atoms with van der Waals surface area (Å²) in [5.41, 5.74) is 0. The van der Waals surface area contributed by atoms with Crippen LogP contribution in [0.4, 0.5) is 0 Å². The zero-order chi connectivity index (χ0) is 9.68. The van der Waals surface area contributed by atoms with Gasteiger partial charge in [0, 0.05) is 0 Å². The first kappa shape index (κ1) is 9.31. The van der Waals surface area contributed by atoms with Crippen molar-refractivity contribution in [3.05, 3.63) is 24.2 Å². The van der Waals surface area contributed by atoms with Crippen LogP contribution >= 0.6 is 0 Å². The van der Waals surface area contributed by atoms with Crippen LogP contribution in [0.1, 0.15) is 5.76 Å². The van der Waals surface area contributed by atoms with E-state index in [2.05, 4.69) is 10.1 Å². The molecule has 0 spiro atoms. The standard InChI is InChI=1S/C8H9NO4/c1-12-8(11)7(10)9-5-6-3-2-4-13-6/h2-4H,5H2,1H3,(H,9,10). The summed E-state index contributed by atoms with van der Waals surface area (Å²) in [5, 5.41) is 2.33. The highest BCUT2D eigenvalue weighted by Gasteiger charge is 2.12. The monoisotopic (exact) mass is 183 g/mol. The van der Waals surface area contributed by atoms with Crippen LogP contribution in [-0.4, -0.2) is 19.0 Å². The Balaban J connectivity index is 2.35. The first-order valence-corrected chi connectivity index (χ1v) is 3.62. The van der Waals surface area contributed by atoms with E-state index in [4.69, 9.17) is 4.42 Å². The van der Waals surface area contributed by atoms with E-state index < -0.39 is 11.9 Å². The number of rotatable bonds is 2. The molecule has 1 amide bonds. The number of ether oxygens (including phenoxy) is 1. The van der Waals surface area contributed by atoms with Gasteiger partial charge in [-0.15, -0.1) is 0 Å². The Labute approximate surface area is 74.7 Å². The predicted molar refractivity (Wildman–Crippen MR) is 42.6 cm³/mol. The van der Waals surface area contributed by atoms with Crippen molar-refractivity contribution in [1.29, 1.82) is 0 Å². The Hall–Kier alpha value is -1.78. The number of hydrogen-bond acceptors (Lipinski definition) is 4. The molecular weight excluding hydrogens is 174 g/mol. The fourth-order valence-corrected chi connectivity index (χ4v) is 0.745. The Kier molecular flexibility index (Phi) is 3.08. The molecule has 13 heavy (non-hydrogen) atoms. The van der Waals surface area contributed by atoms with E-state index in [1.807, 2.05) is 0 Å². The van der Waals surface area contributed by atoms with Crippen LogP contribution in [-0.2, 0) is 20.9 Å². The zero-order valence-corrected chi connectivity index (χ0v) is 7.07. The second-order valence-corrected chi connectivity index (χ2v) is 2.25. The molecule has 5 heteroatoms. The number of methoxy groups -OCH3 is 1. The molecule has 0 saturated carbocycles. The van der Waals surface area contributed by atoms with Crippen LogP contribution in [0.15, 0.2) is 22.8 Å². The van der Waals surface area contributed by atoms with E-state index in [-0.39, 0.29) is 6.54 Å². The fourth-order valence-electron chi connectivity index (χ4n) is 0.745. The maximum atomic E-state index is 10.8. The van der Waals surface area contributed by atoms with E-state index in [0.717, 1.165) is 7.11 Å². The zero-order valence-electron chi connectivity index (χ0n) is 7.07. The van der Waals surface area contributed by atoms with Crippen molar-refractivity contribution in [2.24, 2.45) is 0 Å². The number of esters is 1. The van der Waals surface area contributed by atoms with E-state index >= 15 is 0 Å². The number of carbonyl (C=O) groups excluding carboxylic acids is 2. The second-order valence-electron chi connectivity index (χ2n) is 2.25. The number of hydrogen-bond donors (Lipinski definition) is 1. The molecule has 0 fully saturated rings. The van der Waals surface area contributed by atoms with Gasteiger partial charge < -0.3 is 14.5 Å². The summed E-state index contributed by atoms with van der Waals surface area (Å²) in [6.45, 7) is 0.181. The van der Waals surface area contributed by atoms with Crippen molar-refractivity contribution in [3.63, 3.8) is 0 Å². The van der Waals surface area contributed by atoms with Gasteiger partial charge in [-0.25, -0.2) is 4.79 Å². The fraction of sp³-hybridized carbons (Fsp3) is 0.250. The summed E-state index contributed by atoms with van der Waals surface area (Å²) < 4.78 is 9.13. The van der Waals surface area contributed by atoms with Crippen molar-refractivity contribution in [2.75, 3.05) is 7.11 Å². The average molecular weight is 183 g/mol. The molecule has 1 N–H and O–H groups in total.